The first-order valence-electron chi connectivity index (χ1n) is 10.7. The molecule has 0 amide bonds. The van der Waals surface area contributed by atoms with Gasteiger partial charge in [-0.15, -0.1) is 0 Å². The van der Waals surface area contributed by atoms with E-state index in [1.54, 1.807) is 24.3 Å². The van der Waals surface area contributed by atoms with Gasteiger partial charge in [-0.1, -0.05) is 62.4 Å². The number of hydrogen-bond donors (Lipinski definition) is 1. The predicted octanol–water partition coefficient (Wildman–Crippen LogP) is 5.56. The van der Waals surface area contributed by atoms with E-state index in [4.69, 9.17) is 0 Å². The Morgan fingerprint density at radius 2 is 1.62 bits per heavy atom. The molecule has 0 atom stereocenters. The summed E-state index contributed by atoms with van der Waals surface area (Å²) in [4.78, 5) is 24.7. The molecule has 4 aromatic rings. The fourth-order valence-corrected chi connectivity index (χ4v) is 3.83. The number of nitrogens with zero attached hydrogens (tertiary/aromatic N) is 3. The lowest BCUT2D eigenvalue weighted by molar-refractivity contribution is -0.384. The Hall–Kier alpha value is -4.00. The first-order chi connectivity index (χ1) is 15.5. The molecule has 0 spiro atoms. The summed E-state index contributed by atoms with van der Waals surface area (Å²) < 4.78 is 1.15. The van der Waals surface area contributed by atoms with Crippen molar-refractivity contribution < 1.29 is 4.92 Å². The Labute approximate surface area is 185 Å². The number of nitrogens with one attached hydrogen (secondary N) is 1. The molecule has 0 aliphatic heterocycles. The Balaban J connectivity index is 2.00. The third-order valence-electron chi connectivity index (χ3n) is 5.61. The van der Waals surface area contributed by atoms with Crippen LogP contribution < -0.4 is 10.9 Å². The van der Waals surface area contributed by atoms with Gasteiger partial charge in [0.2, 0.25) is 0 Å². The molecular formula is C25H24N4O3. The highest BCUT2D eigenvalue weighted by atomic mass is 16.6. The largest absolute Gasteiger partial charge is 0.382 e. The van der Waals surface area contributed by atoms with Crippen molar-refractivity contribution in [3.05, 3.63) is 93.3 Å². The van der Waals surface area contributed by atoms with E-state index in [2.05, 4.69) is 24.3 Å². The topological polar surface area (TPSA) is 90.1 Å². The number of rotatable bonds is 7. The van der Waals surface area contributed by atoms with E-state index in [9.17, 15) is 14.9 Å². The molecule has 7 heteroatoms. The smallest absolute Gasteiger partial charge is 0.295 e. The number of aromatic nitrogens is 2. The molecular weight excluding hydrogens is 404 g/mol. The fourth-order valence-electron chi connectivity index (χ4n) is 3.83. The SMILES string of the molecule is CCC(CC)Nc1ccc([N+](=O)[O-])c(-n2nc(-c3ccccc3)c3ccccc3c2=O)c1. The van der Waals surface area contributed by atoms with Gasteiger partial charge in [0.1, 0.15) is 5.69 Å². The number of nitro benzene ring substituents is 1. The van der Waals surface area contributed by atoms with E-state index < -0.39 is 10.5 Å². The second-order valence-electron chi connectivity index (χ2n) is 7.60. The van der Waals surface area contributed by atoms with Crippen molar-refractivity contribution in [3.63, 3.8) is 0 Å². The van der Waals surface area contributed by atoms with Crippen molar-refractivity contribution in [2.75, 3.05) is 5.32 Å². The summed E-state index contributed by atoms with van der Waals surface area (Å²) in [5, 5.41) is 21.0. The average molecular weight is 428 g/mol. The highest BCUT2D eigenvalue weighted by Crippen LogP contribution is 2.29. The monoisotopic (exact) mass is 428 g/mol. The Bertz CT molecular complexity index is 1330. The molecule has 4 rings (SSSR count). The number of nitro groups is 1. The van der Waals surface area contributed by atoms with Gasteiger partial charge in [0.15, 0.2) is 0 Å². The van der Waals surface area contributed by atoms with Gasteiger partial charge in [-0.25, -0.2) is 0 Å². The van der Waals surface area contributed by atoms with Gasteiger partial charge in [-0.3, -0.25) is 14.9 Å². The quantitative estimate of drug-likeness (QED) is 0.307. The molecule has 1 aromatic heterocycles. The molecule has 0 radical (unpaired) electrons. The normalized spacial score (nSPS) is 11.1. The number of benzene rings is 3. The molecule has 7 nitrogen and oxygen atoms in total. The molecule has 0 aliphatic carbocycles. The van der Waals surface area contributed by atoms with Crippen LogP contribution in [0, 0.1) is 10.1 Å². The summed E-state index contributed by atoms with van der Waals surface area (Å²) in [6.07, 6.45) is 1.82. The van der Waals surface area contributed by atoms with Crippen molar-refractivity contribution in [2.45, 2.75) is 32.7 Å². The van der Waals surface area contributed by atoms with Gasteiger partial charge in [-0.2, -0.15) is 9.78 Å². The molecule has 0 saturated heterocycles. The van der Waals surface area contributed by atoms with Crippen LogP contribution in [0.2, 0.25) is 0 Å². The van der Waals surface area contributed by atoms with Crippen molar-refractivity contribution in [2.24, 2.45) is 0 Å². The maximum atomic E-state index is 13.4. The zero-order valence-electron chi connectivity index (χ0n) is 18.0. The van der Waals surface area contributed by atoms with E-state index >= 15 is 0 Å². The molecule has 162 valence electrons. The van der Waals surface area contributed by atoms with Crippen LogP contribution in [-0.2, 0) is 0 Å². The summed E-state index contributed by atoms with van der Waals surface area (Å²) in [5.41, 5.74) is 1.69. The van der Waals surface area contributed by atoms with E-state index in [0.29, 0.717) is 22.2 Å². The van der Waals surface area contributed by atoms with Crippen LogP contribution in [0.5, 0.6) is 0 Å². The highest BCUT2D eigenvalue weighted by Gasteiger charge is 2.21. The van der Waals surface area contributed by atoms with Crippen LogP contribution in [0.4, 0.5) is 11.4 Å². The van der Waals surface area contributed by atoms with Gasteiger partial charge in [0, 0.05) is 28.7 Å². The number of hydrogen-bond acceptors (Lipinski definition) is 5. The lowest BCUT2D eigenvalue weighted by Gasteiger charge is -2.17. The zero-order valence-corrected chi connectivity index (χ0v) is 18.0. The van der Waals surface area contributed by atoms with Crippen molar-refractivity contribution in [1.82, 2.24) is 9.78 Å². The van der Waals surface area contributed by atoms with Crippen molar-refractivity contribution >= 4 is 22.1 Å². The summed E-state index contributed by atoms with van der Waals surface area (Å²) in [6, 6.07) is 21.6. The summed E-state index contributed by atoms with van der Waals surface area (Å²) in [6.45, 7) is 4.16. The lowest BCUT2D eigenvalue weighted by atomic mass is 10.1. The Kier molecular flexibility index (Phi) is 5.98. The molecule has 0 saturated carbocycles. The van der Waals surface area contributed by atoms with Gasteiger partial charge in [0.25, 0.3) is 11.2 Å². The third kappa shape index (κ3) is 3.97. The van der Waals surface area contributed by atoms with Gasteiger partial charge in [-0.05, 0) is 31.0 Å². The Morgan fingerprint density at radius 1 is 0.969 bits per heavy atom. The van der Waals surface area contributed by atoms with Crippen LogP contribution in [0.1, 0.15) is 26.7 Å². The summed E-state index contributed by atoms with van der Waals surface area (Å²) >= 11 is 0. The highest BCUT2D eigenvalue weighted by molar-refractivity contribution is 5.94. The average Bonchev–Trinajstić information content (AvgIpc) is 2.83. The van der Waals surface area contributed by atoms with Crippen LogP contribution in [0.15, 0.2) is 77.6 Å². The maximum absolute atomic E-state index is 13.4. The summed E-state index contributed by atoms with van der Waals surface area (Å²) in [5.74, 6) is 0. The minimum atomic E-state index is -0.484. The molecule has 32 heavy (non-hydrogen) atoms. The maximum Gasteiger partial charge on any atom is 0.295 e. The van der Waals surface area contributed by atoms with E-state index in [-0.39, 0.29) is 17.4 Å². The first kappa shape index (κ1) is 21.2. The Morgan fingerprint density at radius 3 is 2.28 bits per heavy atom. The van der Waals surface area contributed by atoms with E-state index in [1.807, 2.05) is 42.5 Å². The third-order valence-corrected chi connectivity index (χ3v) is 5.61. The number of anilines is 1. The van der Waals surface area contributed by atoms with Crippen molar-refractivity contribution in [1.29, 1.82) is 0 Å². The van der Waals surface area contributed by atoms with Crippen molar-refractivity contribution in [3.8, 4) is 16.9 Å². The molecule has 0 fully saturated rings. The first-order valence-corrected chi connectivity index (χ1v) is 10.7. The van der Waals surface area contributed by atoms with Crippen LogP contribution in [-0.4, -0.2) is 20.7 Å². The second-order valence-corrected chi connectivity index (χ2v) is 7.60. The van der Waals surface area contributed by atoms with E-state index in [1.165, 1.54) is 6.07 Å². The van der Waals surface area contributed by atoms with E-state index in [0.717, 1.165) is 23.1 Å². The predicted molar refractivity (Wildman–Crippen MR) is 127 cm³/mol. The second kappa shape index (κ2) is 9.01. The lowest BCUT2D eigenvalue weighted by Crippen LogP contribution is -2.23. The molecule has 0 aliphatic rings. The molecule has 0 unspecified atom stereocenters. The minimum Gasteiger partial charge on any atom is -0.382 e. The molecule has 1 heterocycles. The van der Waals surface area contributed by atoms with Crippen LogP contribution >= 0.6 is 0 Å². The van der Waals surface area contributed by atoms with Crippen LogP contribution in [0.25, 0.3) is 27.7 Å². The number of fused-ring (bicyclic) bond motifs is 1. The van der Waals surface area contributed by atoms with Gasteiger partial charge < -0.3 is 5.32 Å². The standard InChI is InChI=1S/C25H24N4O3/c1-3-18(4-2)26-19-14-15-22(29(31)32)23(16-19)28-25(30)21-13-9-8-12-20(21)24(27-28)17-10-6-5-7-11-17/h5-16,18,26H,3-4H2,1-2H3. The fraction of sp³-hybridized carbons (Fsp3) is 0.200. The summed E-state index contributed by atoms with van der Waals surface area (Å²) in [7, 11) is 0. The molecule has 3 aromatic carbocycles. The van der Waals surface area contributed by atoms with Gasteiger partial charge in [0.05, 0.1) is 16.0 Å². The van der Waals surface area contributed by atoms with Gasteiger partial charge >= 0.3 is 0 Å². The molecule has 1 N–H and O–H groups in total. The minimum absolute atomic E-state index is 0.138. The molecule has 0 bridgehead atoms. The zero-order chi connectivity index (χ0) is 22.7. The van der Waals surface area contributed by atoms with Crippen LogP contribution in [0.3, 0.4) is 0 Å².